The molecule has 2 aromatic carbocycles. The number of benzene rings is 2. The summed E-state index contributed by atoms with van der Waals surface area (Å²) in [5.41, 5.74) is -0.187. The van der Waals surface area contributed by atoms with Gasteiger partial charge in [0.15, 0.2) is 0 Å². The Morgan fingerprint density at radius 2 is 1.81 bits per heavy atom. The Kier molecular flexibility index (Phi) is 3.39. The minimum absolute atomic E-state index is 0.243. The number of carboxylic acid groups (broad SMARTS) is 1. The third kappa shape index (κ3) is 2.37. The van der Waals surface area contributed by atoms with Crippen LogP contribution < -0.4 is 14.7 Å². The van der Waals surface area contributed by atoms with Gasteiger partial charge in [-0.15, -0.1) is 0 Å². The van der Waals surface area contributed by atoms with Gasteiger partial charge in [-0.05, 0) is 36.4 Å². The molecule has 136 valence electrons. The molecule has 0 aromatic heterocycles. The van der Waals surface area contributed by atoms with E-state index in [-0.39, 0.29) is 5.91 Å². The number of para-hydroxylation sites is 1. The number of aliphatic carboxylic acids is 1. The molecule has 2 aromatic rings. The topological polar surface area (TPSA) is 78.9 Å². The Morgan fingerprint density at radius 3 is 2.52 bits per heavy atom. The fraction of sp³-hybridized carbons (Fsp3) is 0.238. The molecule has 27 heavy (non-hydrogen) atoms. The molecule has 3 aliphatic heterocycles. The molecule has 6 nitrogen and oxygen atoms in total. The third-order valence-electron chi connectivity index (χ3n) is 5.50. The van der Waals surface area contributed by atoms with E-state index in [1.54, 1.807) is 35.2 Å². The number of rotatable bonds is 4. The molecule has 0 saturated carbocycles. The van der Waals surface area contributed by atoms with E-state index < -0.39 is 29.5 Å². The van der Waals surface area contributed by atoms with Crippen molar-refractivity contribution < 1.29 is 24.2 Å². The third-order valence-corrected chi connectivity index (χ3v) is 5.50. The Balaban J connectivity index is 1.39. The number of amides is 1. The SMILES string of the molecule is O=C([O-])[C@H]1[C@@H]2C=C[C@@]3(CN(c4ccc(Oc5ccccc5)cc4)C(=O)[C@@H]13)O2. The number of hydrogen-bond donors (Lipinski definition) is 0. The smallest absolute Gasteiger partial charge is 0.234 e. The largest absolute Gasteiger partial charge is 0.550 e. The molecule has 2 saturated heterocycles. The minimum Gasteiger partial charge on any atom is -0.550 e. The van der Waals surface area contributed by atoms with Gasteiger partial charge in [0.1, 0.15) is 17.1 Å². The standard InChI is InChI=1S/C21H17NO5/c23-19-18-17(20(24)25)16-10-11-21(18,27-16)12-22(19)13-6-8-15(9-7-13)26-14-4-2-1-3-5-14/h1-11,16-18H,12H2,(H,24,25)/p-1/t16-,17-,18+,21-/m0/s1. The van der Waals surface area contributed by atoms with Crippen LogP contribution in [0.5, 0.6) is 11.5 Å². The summed E-state index contributed by atoms with van der Waals surface area (Å²) in [5.74, 6) is -1.78. The lowest BCUT2D eigenvalue weighted by Gasteiger charge is -2.24. The first-order chi connectivity index (χ1) is 13.1. The predicted molar refractivity (Wildman–Crippen MR) is 94.0 cm³/mol. The molecule has 2 fully saturated rings. The van der Waals surface area contributed by atoms with Gasteiger partial charge in [-0.1, -0.05) is 30.4 Å². The highest BCUT2D eigenvalue weighted by Crippen LogP contribution is 2.52. The van der Waals surface area contributed by atoms with Gasteiger partial charge in [-0.25, -0.2) is 0 Å². The summed E-state index contributed by atoms with van der Waals surface area (Å²) in [6, 6.07) is 16.6. The number of nitrogens with zero attached hydrogens (tertiary/aromatic N) is 1. The maximum absolute atomic E-state index is 13.0. The van der Waals surface area contributed by atoms with Gasteiger partial charge in [-0.2, -0.15) is 0 Å². The maximum Gasteiger partial charge on any atom is 0.234 e. The van der Waals surface area contributed by atoms with Gasteiger partial charge in [0.25, 0.3) is 0 Å². The van der Waals surface area contributed by atoms with Gasteiger partial charge in [0, 0.05) is 17.6 Å². The maximum atomic E-state index is 13.0. The summed E-state index contributed by atoms with van der Waals surface area (Å²) in [6.45, 7) is 0.298. The van der Waals surface area contributed by atoms with Crippen LogP contribution in [0.15, 0.2) is 66.7 Å². The van der Waals surface area contributed by atoms with Gasteiger partial charge in [0.2, 0.25) is 5.91 Å². The summed E-state index contributed by atoms with van der Waals surface area (Å²) in [5, 5.41) is 11.5. The van der Waals surface area contributed by atoms with Crippen LogP contribution >= 0.6 is 0 Å². The highest BCUT2D eigenvalue weighted by molar-refractivity contribution is 6.02. The molecular weight excluding hydrogens is 346 g/mol. The van der Waals surface area contributed by atoms with Crippen LogP contribution in [-0.2, 0) is 14.3 Å². The van der Waals surface area contributed by atoms with E-state index in [0.717, 1.165) is 5.75 Å². The molecule has 2 bridgehead atoms. The Labute approximate surface area is 155 Å². The molecule has 4 atom stereocenters. The first-order valence-corrected chi connectivity index (χ1v) is 8.80. The van der Waals surface area contributed by atoms with E-state index in [4.69, 9.17) is 9.47 Å². The first kappa shape index (κ1) is 16.1. The molecule has 3 aliphatic rings. The average Bonchev–Trinajstić information content (AvgIpc) is 3.31. The van der Waals surface area contributed by atoms with Crippen molar-refractivity contribution in [2.45, 2.75) is 11.7 Å². The van der Waals surface area contributed by atoms with Crippen LogP contribution in [0.4, 0.5) is 5.69 Å². The van der Waals surface area contributed by atoms with Crippen molar-refractivity contribution in [1.29, 1.82) is 0 Å². The quantitative estimate of drug-likeness (QED) is 0.771. The molecule has 0 aliphatic carbocycles. The van der Waals surface area contributed by atoms with E-state index in [1.807, 2.05) is 36.4 Å². The molecule has 0 N–H and O–H groups in total. The molecular formula is C21H16NO5-. The Morgan fingerprint density at radius 1 is 1.11 bits per heavy atom. The highest BCUT2D eigenvalue weighted by Gasteiger charge is 2.65. The van der Waals surface area contributed by atoms with E-state index in [9.17, 15) is 14.7 Å². The number of fused-ring (bicyclic) bond motifs is 1. The lowest BCUT2D eigenvalue weighted by molar-refractivity contribution is -0.313. The number of carbonyl (C=O) groups is 2. The van der Waals surface area contributed by atoms with Crippen LogP contribution in [-0.4, -0.2) is 30.1 Å². The summed E-state index contributed by atoms with van der Waals surface area (Å²) in [4.78, 5) is 26.1. The first-order valence-electron chi connectivity index (χ1n) is 8.80. The number of carbonyl (C=O) groups excluding carboxylic acids is 2. The summed E-state index contributed by atoms with van der Waals surface area (Å²) >= 11 is 0. The Hall–Kier alpha value is -3.12. The Bertz CT molecular complexity index is 939. The van der Waals surface area contributed by atoms with Crippen molar-refractivity contribution in [3.8, 4) is 11.5 Å². The summed E-state index contributed by atoms with van der Waals surface area (Å²) < 4.78 is 11.6. The zero-order valence-electron chi connectivity index (χ0n) is 14.3. The van der Waals surface area contributed by atoms with Crippen molar-refractivity contribution in [3.05, 3.63) is 66.7 Å². The fourth-order valence-corrected chi connectivity index (χ4v) is 4.30. The van der Waals surface area contributed by atoms with Crippen molar-refractivity contribution in [1.82, 2.24) is 0 Å². The van der Waals surface area contributed by atoms with Crippen molar-refractivity contribution in [2.24, 2.45) is 11.8 Å². The van der Waals surface area contributed by atoms with Gasteiger partial charge >= 0.3 is 0 Å². The van der Waals surface area contributed by atoms with Crippen molar-refractivity contribution in [3.63, 3.8) is 0 Å². The van der Waals surface area contributed by atoms with Gasteiger partial charge in [0.05, 0.1) is 18.6 Å². The second kappa shape index (κ2) is 5.69. The average molecular weight is 362 g/mol. The highest BCUT2D eigenvalue weighted by atomic mass is 16.5. The molecule has 1 amide bonds. The molecule has 1 spiro atoms. The number of hydrogen-bond acceptors (Lipinski definition) is 5. The van der Waals surface area contributed by atoms with Crippen molar-refractivity contribution >= 4 is 17.6 Å². The van der Waals surface area contributed by atoms with Crippen molar-refractivity contribution in [2.75, 3.05) is 11.4 Å². The van der Waals surface area contributed by atoms with Gasteiger partial charge in [-0.3, -0.25) is 4.79 Å². The summed E-state index contributed by atoms with van der Waals surface area (Å²) in [6.07, 6.45) is 2.98. The number of anilines is 1. The number of carboxylic acids is 1. The molecule has 5 rings (SSSR count). The van der Waals surface area contributed by atoms with E-state index in [2.05, 4.69) is 0 Å². The molecule has 3 heterocycles. The molecule has 6 heteroatoms. The van der Waals surface area contributed by atoms with Crippen LogP contribution in [0.1, 0.15) is 0 Å². The zero-order chi connectivity index (χ0) is 18.6. The monoisotopic (exact) mass is 362 g/mol. The second-order valence-electron chi connectivity index (χ2n) is 7.05. The van der Waals surface area contributed by atoms with E-state index in [0.29, 0.717) is 18.0 Å². The molecule has 0 unspecified atom stereocenters. The zero-order valence-corrected chi connectivity index (χ0v) is 14.3. The second-order valence-corrected chi connectivity index (χ2v) is 7.05. The number of ether oxygens (including phenoxy) is 2. The van der Waals surface area contributed by atoms with Crippen LogP contribution in [0.2, 0.25) is 0 Å². The lowest BCUT2D eigenvalue weighted by atomic mass is 9.77. The minimum atomic E-state index is -1.24. The van der Waals surface area contributed by atoms with Gasteiger partial charge < -0.3 is 24.3 Å². The predicted octanol–water partition coefficient (Wildman–Crippen LogP) is 1.52. The van der Waals surface area contributed by atoms with E-state index in [1.165, 1.54) is 0 Å². The summed E-state index contributed by atoms with van der Waals surface area (Å²) in [7, 11) is 0. The van der Waals surface area contributed by atoms with E-state index >= 15 is 0 Å². The normalized spacial score (nSPS) is 30.6. The molecule has 0 radical (unpaired) electrons. The fourth-order valence-electron chi connectivity index (χ4n) is 4.30. The lowest BCUT2D eigenvalue weighted by Crippen LogP contribution is -2.45. The van der Waals surface area contributed by atoms with Crippen LogP contribution in [0, 0.1) is 11.8 Å². The van der Waals surface area contributed by atoms with Crippen LogP contribution in [0.3, 0.4) is 0 Å². The van der Waals surface area contributed by atoms with Crippen LogP contribution in [0.25, 0.3) is 0 Å².